The Morgan fingerprint density at radius 3 is 2.47 bits per heavy atom. The average molecular weight is 232 g/mol. The molecule has 0 unspecified atom stereocenters. The molecule has 17 heavy (non-hydrogen) atoms. The van der Waals surface area contributed by atoms with Crippen LogP contribution in [0.2, 0.25) is 13.1 Å². The average Bonchev–Trinajstić information content (AvgIpc) is 2.29. The molecular formula is C15H27BN. The molecule has 0 aromatic carbocycles. The second-order valence-corrected chi connectivity index (χ2v) is 4.98. The fraction of sp³-hybridized carbons (Fsp3) is 0.600. The van der Waals surface area contributed by atoms with Crippen LogP contribution >= 0.6 is 0 Å². The van der Waals surface area contributed by atoms with Crippen LogP contribution in [0.4, 0.5) is 0 Å². The van der Waals surface area contributed by atoms with Gasteiger partial charge in [-0.3, -0.25) is 0 Å². The van der Waals surface area contributed by atoms with Gasteiger partial charge in [0.15, 0.2) is 0 Å². The van der Waals surface area contributed by atoms with Gasteiger partial charge in [-0.2, -0.15) is 0 Å². The topological polar surface area (TPSA) is 12.0 Å². The Morgan fingerprint density at radius 1 is 1.35 bits per heavy atom. The van der Waals surface area contributed by atoms with Crippen LogP contribution in [0.5, 0.6) is 0 Å². The largest absolute Gasteiger partial charge is 0.389 e. The third-order valence-corrected chi connectivity index (χ3v) is 3.16. The van der Waals surface area contributed by atoms with E-state index in [9.17, 15) is 0 Å². The summed E-state index contributed by atoms with van der Waals surface area (Å²) in [5.41, 5.74) is 2.78. The summed E-state index contributed by atoms with van der Waals surface area (Å²) in [5.74, 6) is 0. The second kappa shape index (κ2) is 8.22. The summed E-state index contributed by atoms with van der Waals surface area (Å²) in [6.45, 7) is 17.4. The van der Waals surface area contributed by atoms with Crippen molar-refractivity contribution in [1.82, 2.24) is 5.32 Å². The first kappa shape index (κ1) is 16.1. The van der Waals surface area contributed by atoms with Crippen molar-refractivity contribution in [2.75, 3.05) is 6.54 Å². The van der Waals surface area contributed by atoms with Gasteiger partial charge >= 0.3 is 0 Å². The van der Waals surface area contributed by atoms with Gasteiger partial charge in [-0.05, 0) is 25.3 Å². The number of rotatable bonds is 9. The molecule has 0 atom stereocenters. The highest BCUT2D eigenvalue weighted by Crippen LogP contribution is 2.32. The first-order valence-corrected chi connectivity index (χ1v) is 6.46. The molecule has 0 amide bonds. The number of hydrogen-bond donors (Lipinski definition) is 1. The van der Waals surface area contributed by atoms with E-state index in [1.165, 1.54) is 11.3 Å². The maximum absolute atomic E-state index is 3.95. The summed E-state index contributed by atoms with van der Waals surface area (Å²) in [4.78, 5) is 0. The first-order chi connectivity index (χ1) is 7.99. The molecule has 1 N–H and O–H groups in total. The molecule has 0 aliphatic carbocycles. The summed E-state index contributed by atoms with van der Waals surface area (Å²) in [5, 5.41) is 3.50. The molecule has 0 spiro atoms. The molecule has 0 aliphatic rings. The van der Waals surface area contributed by atoms with Gasteiger partial charge in [-0.15, -0.1) is 13.2 Å². The quantitative estimate of drug-likeness (QED) is 0.357. The molecule has 2 heteroatoms. The Morgan fingerprint density at radius 2 is 2.00 bits per heavy atom. The van der Waals surface area contributed by atoms with Crippen LogP contribution in [0.3, 0.4) is 0 Å². The molecule has 0 rings (SSSR count). The van der Waals surface area contributed by atoms with Crippen molar-refractivity contribution in [3.8, 4) is 0 Å². The van der Waals surface area contributed by atoms with Gasteiger partial charge in [-0.25, -0.2) is 0 Å². The zero-order valence-electron chi connectivity index (χ0n) is 12.0. The Labute approximate surface area is 108 Å². The molecule has 0 fully saturated rings. The van der Waals surface area contributed by atoms with E-state index < -0.39 is 0 Å². The predicted octanol–water partition coefficient (Wildman–Crippen LogP) is 4.20. The van der Waals surface area contributed by atoms with Crippen LogP contribution < -0.4 is 5.32 Å². The normalized spacial score (nSPS) is 12.7. The molecule has 0 saturated heterocycles. The lowest BCUT2D eigenvalue weighted by atomic mass is 9.78. The first-order valence-electron chi connectivity index (χ1n) is 6.46. The lowest BCUT2D eigenvalue weighted by Gasteiger charge is -2.27. The molecule has 0 aliphatic heterocycles. The van der Waals surface area contributed by atoms with Crippen molar-refractivity contribution in [2.45, 2.75) is 46.8 Å². The highest BCUT2D eigenvalue weighted by atomic mass is 14.9. The Bertz CT molecular complexity index is 277. The molecule has 0 bridgehead atoms. The zero-order chi connectivity index (χ0) is 13.3. The maximum atomic E-state index is 3.95. The van der Waals surface area contributed by atoms with Crippen LogP contribution in [0.25, 0.3) is 0 Å². The zero-order valence-corrected chi connectivity index (χ0v) is 12.0. The lowest BCUT2D eigenvalue weighted by molar-refractivity contribution is 0.537. The number of nitrogens with one attached hydrogen (secondary N) is 1. The highest BCUT2D eigenvalue weighted by Gasteiger charge is 2.20. The van der Waals surface area contributed by atoms with E-state index in [0.29, 0.717) is 0 Å². The van der Waals surface area contributed by atoms with Crippen molar-refractivity contribution in [2.24, 2.45) is 5.41 Å². The minimum absolute atomic E-state index is 0.0516. The lowest BCUT2D eigenvalue weighted by Crippen LogP contribution is -2.21. The Kier molecular flexibility index (Phi) is 7.77. The molecule has 0 heterocycles. The smallest absolute Gasteiger partial charge is 0.108 e. The van der Waals surface area contributed by atoms with E-state index in [1.807, 2.05) is 12.2 Å². The van der Waals surface area contributed by atoms with Gasteiger partial charge in [0.05, 0.1) is 0 Å². The van der Waals surface area contributed by atoms with Crippen molar-refractivity contribution < 1.29 is 0 Å². The van der Waals surface area contributed by atoms with Crippen molar-refractivity contribution in [1.29, 1.82) is 0 Å². The molecular weight excluding hydrogens is 205 g/mol. The van der Waals surface area contributed by atoms with E-state index >= 15 is 0 Å². The van der Waals surface area contributed by atoms with E-state index in [0.717, 1.165) is 25.7 Å². The fourth-order valence-electron chi connectivity index (χ4n) is 1.87. The van der Waals surface area contributed by atoms with Gasteiger partial charge in [0.2, 0.25) is 0 Å². The summed E-state index contributed by atoms with van der Waals surface area (Å²) < 4.78 is 0. The summed E-state index contributed by atoms with van der Waals surface area (Å²) >= 11 is 0. The van der Waals surface area contributed by atoms with Crippen molar-refractivity contribution in [3.05, 3.63) is 36.6 Å². The number of allylic oxidation sites excluding steroid dienone is 4. The summed E-state index contributed by atoms with van der Waals surface area (Å²) in [6, 6.07) is 0. The van der Waals surface area contributed by atoms with Crippen LogP contribution in [0, 0.1) is 5.41 Å². The molecule has 0 aromatic rings. The van der Waals surface area contributed by atoms with Crippen molar-refractivity contribution in [3.63, 3.8) is 0 Å². The highest BCUT2D eigenvalue weighted by molar-refractivity contribution is 6.33. The predicted molar refractivity (Wildman–Crippen MR) is 80.5 cm³/mol. The van der Waals surface area contributed by atoms with Crippen LogP contribution in [-0.4, -0.2) is 13.8 Å². The van der Waals surface area contributed by atoms with E-state index in [4.69, 9.17) is 0 Å². The summed E-state index contributed by atoms with van der Waals surface area (Å²) in [6.07, 6.45) is 7.18. The monoisotopic (exact) mass is 232 g/mol. The third-order valence-electron chi connectivity index (χ3n) is 3.16. The third kappa shape index (κ3) is 5.81. The Hall–Kier alpha value is -0.915. The van der Waals surface area contributed by atoms with Crippen LogP contribution in [0.1, 0.15) is 33.6 Å². The van der Waals surface area contributed by atoms with Crippen molar-refractivity contribution >= 4 is 7.28 Å². The van der Waals surface area contributed by atoms with Crippen LogP contribution in [0.15, 0.2) is 36.6 Å². The minimum Gasteiger partial charge on any atom is -0.389 e. The Balaban J connectivity index is 4.79. The molecule has 0 aromatic heterocycles. The fourth-order valence-corrected chi connectivity index (χ4v) is 1.87. The van der Waals surface area contributed by atoms with Gasteiger partial charge < -0.3 is 5.32 Å². The van der Waals surface area contributed by atoms with Gasteiger partial charge in [0.25, 0.3) is 0 Å². The van der Waals surface area contributed by atoms with Crippen LogP contribution in [-0.2, 0) is 0 Å². The molecule has 0 saturated carbocycles. The van der Waals surface area contributed by atoms with Gasteiger partial charge in [-0.1, -0.05) is 39.1 Å². The van der Waals surface area contributed by atoms with E-state index in [2.05, 4.69) is 53.3 Å². The SMILES string of the molecule is C=CCC/C(=C(\C)NCC[B]C)C(C)(C)C=C. The van der Waals surface area contributed by atoms with Gasteiger partial charge in [0, 0.05) is 17.7 Å². The standard InChI is InChI=1S/C15H27BN/c1-7-9-10-14(15(4,5)8-2)13(3)17-12-11-16-6/h7-8,17H,1-2,9-12H2,3-6H3/b14-13-. The number of hydrogen-bond acceptors (Lipinski definition) is 1. The second-order valence-electron chi connectivity index (χ2n) is 4.98. The van der Waals surface area contributed by atoms with E-state index in [-0.39, 0.29) is 5.41 Å². The summed E-state index contributed by atoms with van der Waals surface area (Å²) in [7, 11) is 2.18. The molecule has 1 radical (unpaired) electrons. The van der Waals surface area contributed by atoms with Gasteiger partial charge in [0.1, 0.15) is 7.28 Å². The maximum Gasteiger partial charge on any atom is 0.108 e. The molecule has 95 valence electrons. The van der Waals surface area contributed by atoms with E-state index in [1.54, 1.807) is 0 Å². The minimum atomic E-state index is 0.0516. The molecule has 1 nitrogen and oxygen atoms in total.